The topological polar surface area (TPSA) is 127 Å². The molecule has 0 N–H and O–H groups in total. The Hall–Kier alpha value is -4.34. The van der Waals surface area contributed by atoms with Gasteiger partial charge in [0, 0.05) is 11.6 Å². The highest BCUT2D eigenvalue weighted by atomic mass is 16.6. The van der Waals surface area contributed by atoms with E-state index in [1.807, 2.05) is 12.2 Å². The Morgan fingerprint density at radius 3 is 2.43 bits per heavy atom. The Labute approximate surface area is 200 Å². The summed E-state index contributed by atoms with van der Waals surface area (Å²) in [6.45, 7) is 1.15. The highest BCUT2D eigenvalue weighted by molar-refractivity contribution is 6.10. The van der Waals surface area contributed by atoms with Gasteiger partial charge in [0.1, 0.15) is 17.9 Å². The van der Waals surface area contributed by atoms with Crippen LogP contribution in [0.3, 0.4) is 0 Å². The molecule has 1 saturated heterocycles. The van der Waals surface area contributed by atoms with Gasteiger partial charge in [0.05, 0.1) is 23.9 Å². The fourth-order valence-corrected chi connectivity index (χ4v) is 4.56. The largest absolute Gasteiger partial charge is 0.497 e. The molecular formula is C25H23N3O7. The van der Waals surface area contributed by atoms with Gasteiger partial charge in [-0.05, 0) is 42.7 Å². The normalized spacial score (nSPS) is 21.0. The third-order valence-corrected chi connectivity index (χ3v) is 6.36. The second kappa shape index (κ2) is 9.49. The van der Waals surface area contributed by atoms with Gasteiger partial charge in [0.25, 0.3) is 23.4 Å². The summed E-state index contributed by atoms with van der Waals surface area (Å²) in [6.07, 6.45) is 3.99. The quantitative estimate of drug-likeness (QED) is 0.197. The predicted octanol–water partition coefficient (Wildman–Crippen LogP) is 3.04. The Morgan fingerprint density at radius 2 is 1.80 bits per heavy atom. The smallest absolute Gasteiger partial charge is 0.282 e. The number of hydrazine groups is 1. The summed E-state index contributed by atoms with van der Waals surface area (Å²) in [4.78, 5) is 64.2. The van der Waals surface area contributed by atoms with Crippen LogP contribution in [0.5, 0.6) is 5.75 Å². The minimum atomic E-state index is -0.986. The number of para-hydroxylation sites is 1. The third-order valence-electron chi connectivity index (χ3n) is 6.36. The molecule has 0 unspecified atom stereocenters. The van der Waals surface area contributed by atoms with Crippen molar-refractivity contribution in [2.45, 2.75) is 13.3 Å². The zero-order chi connectivity index (χ0) is 25.3. The number of ether oxygens (including phenoxy) is 1. The first-order chi connectivity index (χ1) is 16.7. The Morgan fingerprint density at radius 1 is 1.11 bits per heavy atom. The molecule has 4 rings (SSSR count). The number of methoxy groups -OCH3 is 1. The number of allylic oxidation sites excluding steroid dienone is 2. The lowest BCUT2D eigenvalue weighted by atomic mass is 9.78. The number of rotatable bonds is 7. The van der Waals surface area contributed by atoms with Crippen LogP contribution < -0.4 is 4.74 Å². The van der Waals surface area contributed by atoms with E-state index >= 15 is 0 Å². The summed E-state index contributed by atoms with van der Waals surface area (Å²) in [7, 11) is 1.48. The summed E-state index contributed by atoms with van der Waals surface area (Å²) in [5.41, 5.74) is -0.606. The number of ketones is 1. The number of Topliss-reactive ketones (excluding diaryl/α,β-unsaturated/α-hetero) is 1. The lowest BCUT2D eigenvalue weighted by Crippen LogP contribution is -2.52. The zero-order valence-electron chi connectivity index (χ0n) is 19.1. The second-order valence-corrected chi connectivity index (χ2v) is 8.43. The molecule has 10 nitrogen and oxygen atoms in total. The first-order valence-corrected chi connectivity index (χ1v) is 11.0. The van der Waals surface area contributed by atoms with Crippen molar-refractivity contribution >= 4 is 29.2 Å². The third kappa shape index (κ3) is 4.30. The fraction of sp³-hybridized carbons (Fsp3) is 0.280. The van der Waals surface area contributed by atoms with Gasteiger partial charge in [-0.1, -0.05) is 31.2 Å². The molecule has 1 heterocycles. The molecule has 1 aliphatic heterocycles. The number of carbonyl (C=O) groups is 4. The van der Waals surface area contributed by atoms with Crippen LogP contribution in [0, 0.1) is 27.9 Å². The van der Waals surface area contributed by atoms with Gasteiger partial charge >= 0.3 is 0 Å². The minimum Gasteiger partial charge on any atom is -0.497 e. The second-order valence-electron chi connectivity index (χ2n) is 8.43. The number of fused-ring (bicyclic) bond motifs is 1. The highest BCUT2D eigenvalue weighted by Crippen LogP contribution is 2.39. The molecule has 2 aromatic rings. The molecular weight excluding hydrogens is 454 g/mol. The molecule has 0 radical (unpaired) electrons. The van der Waals surface area contributed by atoms with Crippen molar-refractivity contribution in [2.24, 2.45) is 17.8 Å². The lowest BCUT2D eigenvalue weighted by molar-refractivity contribution is -0.385. The van der Waals surface area contributed by atoms with Crippen LogP contribution in [0.4, 0.5) is 5.69 Å². The van der Waals surface area contributed by atoms with Crippen molar-refractivity contribution in [3.63, 3.8) is 0 Å². The fourth-order valence-electron chi connectivity index (χ4n) is 4.56. The zero-order valence-corrected chi connectivity index (χ0v) is 19.1. The number of nitrogens with zero attached hydrogens (tertiary/aromatic N) is 3. The van der Waals surface area contributed by atoms with E-state index in [9.17, 15) is 29.3 Å². The van der Waals surface area contributed by atoms with Gasteiger partial charge in [-0.3, -0.25) is 29.3 Å². The molecule has 0 spiro atoms. The summed E-state index contributed by atoms with van der Waals surface area (Å²) >= 11 is 0. The molecule has 3 atom stereocenters. The molecule has 0 saturated carbocycles. The van der Waals surface area contributed by atoms with Crippen LogP contribution >= 0.6 is 0 Å². The van der Waals surface area contributed by atoms with E-state index in [1.165, 1.54) is 37.4 Å². The Kier molecular flexibility index (Phi) is 6.46. The molecule has 1 fully saturated rings. The summed E-state index contributed by atoms with van der Waals surface area (Å²) in [5.74, 6) is -3.82. The van der Waals surface area contributed by atoms with Crippen LogP contribution in [0.25, 0.3) is 0 Å². The number of benzene rings is 2. The van der Waals surface area contributed by atoms with Crippen LogP contribution in [0.1, 0.15) is 34.1 Å². The summed E-state index contributed by atoms with van der Waals surface area (Å²) in [5, 5.41) is 13.0. The molecule has 180 valence electrons. The first kappa shape index (κ1) is 23.8. The Bertz CT molecular complexity index is 1240. The van der Waals surface area contributed by atoms with Crippen molar-refractivity contribution in [2.75, 3.05) is 13.7 Å². The monoisotopic (exact) mass is 477 g/mol. The van der Waals surface area contributed by atoms with E-state index in [0.29, 0.717) is 17.2 Å². The first-order valence-electron chi connectivity index (χ1n) is 11.0. The van der Waals surface area contributed by atoms with Crippen molar-refractivity contribution in [3.8, 4) is 5.75 Å². The van der Waals surface area contributed by atoms with Crippen LogP contribution in [0.15, 0.2) is 60.7 Å². The average molecular weight is 477 g/mol. The summed E-state index contributed by atoms with van der Waals surface area (Å²) in [6, 6.07) is 11.3. The molecule has 3 amide bonds. The highest BCUT2D eigenvalue weighted by Gasteiger charge is 2.53. The number of hydrogen-bond donors (Lipinski definition) is 0. The Balaban J connectivity index is 1.74. The maximum Gasteiger partial charge on any atom is 0.282 e. The van der Waals surface area contributed by atoms with E-state index in [1.54, 1.807) is 19.1 Å². The van der Waals surface area contributed by atoms with E-state index in [0.717, 1.165) is 11.1 Å². The summed E-state index contributed by atoms with van der Waals surface area (Å²) < 4.78 is 5.09. The van der Waals surface area contributed by atoms with Gasteiger partial charge in [0.15, 0.2) is 5.78 Å². The molecule has 0 bridgehead atoms. The van der Waals surface area contributed by atoms with Gasteiger partial charge in [-0.2, -0.15) is 5.01 Å². The SMILES string of the molecule is COc1ccc(C(=O)CN(C(=O)c2ccccc2[N+](=O)[O-])N2C(=O)[C@H]3[C@H](C)C=CC[C@H]3C2=O)cc1. The number of carbonyl (C=O) groups excluding carboxylic acids is 4. The molecule has 35 heavy (non-hydrogen) atoms. The maximum atomic E-state index is 13.6. The number of hydrogen-bond acceptors (Lipinski definition) is 7. The van der Waals surface area contributed by atoms with Crippen LogP contribution in [0.2, 0.25) is 0 Å². The molecule has 2 aromatic carbocycles. The molecule has 1 aliphatic carbocycles. The molecule has 10 heteroatoms. The van der Waals surface area contributed by atoms with Gasteiger partial charge in [-0.15, -0.1) is 0 Å². The van der Waals surface area contributed by atoms with Crippen molar-refractivity contribution in [1.82, 2.24) is 10.0 Å². The van der Waals surface area contributed by atoms with Crippen molar-refractivity contribution in [3.05, 3.63) is 81.9 Å². The van der Waals surface area contributed by atoms with Crippen molar-refractivity contribution < 1.29 is 28.8 Å². The lowest BCUT2D eigenvalue weighted by Gasteiger charge is -2.30. The van der Waals surface area contributed by atoms with Crippen LogP contribution in [-0.4, -0.2) is 52.1 Å². The number of amides is 3. The molecule has 2 aliphatic rings. The minimum absolute atomic E-state index is 0.220. The average Bonchev–Trinajstić information content (AvgIpc) is 3.12. The van der Waals surface area contributed by atoms with Gasteiger partial charge < -0.3 is 4.74 Å². The van der Waals surface area contributed by atoms with Crippen molar-refractivity contribution in [1.29, 1.82) is 0 Å². The number of nitro groups is 1. The predicted molar refractivity (Wildman–Crippen MR) is 123 cm³/mol. The number of imide groups is 1. The standard InChI is InChI=1S/C25H23N3O7/c1-15-6-5-8-19-22(15)25(32)27(24(19)31)26(14-21(29)16-10-12-17(35-2)13-11-16)23(30)18-7-3-4-9-20(18)28(33)34/h3-7,9-13,15,19,22H,8,14H2,1-2H3/t15-,19-,22+/m1/s1. The van der Waals surface area contributed by atoms with Gasteiger partial charge in [0.2, 0.25) is 0 Å². The van der Waals surface area contributed by atoms with E-state index in [2.05, 4.69) is 0 Å². The van der Waals surface area contributed by atoms with E-state index in [-0.39, 0.29) is 17.0 Å². The van der Waals surface area contributed by atoms with E-state index < -0.39 is 52.5 Å². The number of nitro benzene ring substituents is 1. The maximum absolute atomic E-state index is 13.6. The molecule has 0 aromatic heterocycles. The van der Waals surface area contributed by atoms with Gasteiger partial charge in [-0.25, -0.2) is 5.01 Å². The van der Waals surface area contributed by atoms with E-state index in [4.69, 9.17) is 4.74 Å². The van der Waals surface area contributed by atoms with Crippen LogP contribution in [-0.2, 0) is 9.59 Å².